The highest BCUT2D eigenvalue weighted by Crippen LogP contribution is 2.27. The summed E-state index contributed by atoms with van der Waals surface area (Å²) in [4.78, 5) is 14.3. The third-order valence-corrected chi connectivity index (χ3v) is 4.60. The highest BCUT2D eigenvalue weighted by molar-refractivity contribution is 7.86. The first-order valence-electron chi connectivity index (χ1n) is 8.24. The van der Waals surface area contributed by atoms with Gasteiger partial charge in [0.2, 0.25) is 5.91 Å². The zero-order chi connectivity index (χ0) is 18.6. The molecule has 8 heteroatoms. The van der Waals surface area contributed by atoms with Gasteiger partial charge >= 0.3 is 10.1 Å². The zero-order valence-electron chi connectivity index (χ0n) is 14.7. The summed E-state index contributed by atoms with van der Waals surface area (Å²) < 4.78 is 33.7. The number of nitrogens with zero attached hydrogens (tertiary/aromatic N) is 1. The lowest BCUT2D eigenvalue weighted by Gasteiger charge is -2.28. The van der Waals surface area contributed by atoms with Gasteiger partial charge in [-0.2, -0.15) is 8.42 Å². The number of carbonyl (C=O) groups is 1. The van der Waals surface area contributed by atoms with Crippen LogP contribution in [0.1, 0.15) is 32.3 Å². The first-order chi connectivity index (χ1) is 11.7. The Morgan fingerprint density at radius 3 is 2.72 bits per heavy atom. The van der Waals surface area contributed by atoms with Gasteiger partial charge in [0.15, 0.2) is 0 Å². The summed E-state index contributed by atoms with van der Waals surface area (Å²) in [7, 11) is -3.68. The molecule has 1 amide bonds. The minimum Gasteiger partial charge on any atom is -0.382 e. The van der Waals surface area contributed by atoms with E-state index in [1.165, 1.54) is 6.07 Å². The first-order valence-corrected chi connectivity index (χ1v) is 10.4. The van der Waals surface area contributed by atoms with Crippen molar-refractivity contribution in [2.45, 2.75) is 39.3 Å². The van der Waals surface area contributed by atoms with Crippen LogP contribution in [0.4, 0.5) is 0 Å². The molecule has 0 N–H and O–H groups in total. The van der Waals surface area contributed by atoms with Gasteiger partial charge in [0.05, 0.1) is 12.4 Å². The number of hydrogen-bond acceptors (Lipinski definition) is 5. The predicted molar refractivity (Wildman–Crippen MR) is 96.2 cm³/mol. The van der Waals surface area contributed by atoms with Gasteiger partial charge in [-0.05, 0) is 31.0 Å². The van der Waals surface area contributed by atoms with Crippen LogP contribution in [0, 0.1) is 5.92 Å². The fourth-order valence-electron chi connectivity index (χ4n) is 2.75. The minimum absolute atomic E-state index is 0.00107. The van der Waals surface area contributed by atoms with Crippen molar-refractivity contribution in [3.05, 3.63) is 28.8 Å². The maximum Gasteiger partial charge on any atom is 0.306 e. The molecule has 25 heavy (non-hydrogen) atoms. The summed E-state index contributed by atoms with van der Waals surface area (Å²) in [5, 5.41) is 0.449. The second-order valence-electron chi connectivity index (χ2n) is 6.55. The molecule has 1 aliphatic heterocycles. The van der Waals surface area contributed by atoms with Crippen molar-refractivity contribution < 1.29 is 22.1 Å². The second kappa shape index (κ2) is 8.38. The molecular formula is C17H24ClNO5S. The lowest BCUT2D eigenvalue weighted by molar-refractivity contribution is -0.136. The van der Waals surface area contributed by atoms with Crippen molar-refractivity contribution >= 4 is 27.6 Å². The second-order valence-corrected chi connectivity index (χ2v) is 8.56. The highest BCUT2D eigenvalue weighted by Gasteiger charge is 2.25. The van der Waals surface area contributed by atoms with E-state index in [4.69, 9.17) is 20.5 Å². The summed E-state index contributed by atoms with van der Waals surface area (Å²) in [5.41, 5.74) is 0.546. The van der Waals surface area contributed by atoms with Crippen molar-refractivity contribution in [3.63, 3.8) is 0 Å². The molecule has 1 heterocycles. The fraction of sp³-hybridized carbons (Fsp3) is 0.588. The Balaban J connectivity index is 2.27. The van der Waals surface area contributed by atoms with Crippen molar-refractivity contribution in [1.29, 1.82) is 0 Å². The van der Waals surface area contributed by atoms with E-state index >= 15 is 0 Å². The summed E-state index contributed by atoms with van der Waals surface area (Å²) >= 11 is 6.05. The van der Waals surface area contributed by atoms with Crippen LogP contribution in [0.3, 0.4) is 0 Å². The number of rotatable bonds is 7. The molecule has 0 saturated carbocycles. The van der Waals surface area contributed by atoms with Crippen LogP contribution in [0.25, 0.3) is 0 Å². The largest absolute Gasteiger partial charge is 0.382 e. The van der Waals surface area contributed by atoms with Crippen LogP contribution in [-0.2, 0) is 26.2 Å². The predicted octanol–water partition coefficient (Wildman–Crippen LogP) is 2.84. The third kappa shape index (κ3) is 6.17. The van der Waals surface area contributed by atoms with Crippen LogP contribution in [0.15, 0.2) is 18.2 Å². The van der Waals surface area contributed by atoms with Crippen molar-refractivity contribution in [2.75, 3.05) is 19.4 Å². The molecule has 1 aromatic carbocycles. The number of carbonyl (C=O) groups excluding carboxylic acids is 1. The molecule has 0 aromatic heterocycles. The Morgan fingerprint density at radius 2 is 2.16 bits per heavy atom. The average Bonchev–Trinajstić information content (AvgIpc) is 3.00. The number of benzene rings is 1. The molecule has 0 radical (unpaired) electrons. The van der Waals surface area contributed by atoms with Crippen molar-refractivity contribution in [3.8, 4) is 5.75 Å². The van der Waals surface area contributed by atoms with E-state index in [1.54, 1.807) is 17.0 Å². The Morgan fingerprint density at radius 1 is 1.44 bits per heavy atom. The topological polar surface area (TPSA) is 72.9 Å². The van der Waals surface area contributed by atoms with E-state index in [0.29, 0.717) is 23.7 Å². The van der Waals surface area contributed by atoms with Crippen LogP contribution in [-0.4, -0.2) is 44.7 Å². The molecule has 1 fully saturated rings. The molecule has 140 valence electrons. The average molecular weight is 390 g/mol. The molecule has 1 atom stereocenters. The van der Waals surface area contributed by atoms with Crippen LogP contribution < -0.4 is 4.18 Å². The van der Waals surface area contributed by atoms with Gasteiger partial charge in [0, 0.05) is 36.2 Å². The molecule has 0 aliphatic carbocycles. The monoisotopic (exact) mass is 389 g/mol. The van der Waals surface area contributed by atoms with E-state index in [-0.39, 0.29) is 30.2 Å². The van der Waals surface area contributed by atoms with Crippen molar-refractivity contribution in [1.82, 2.24) is 4.90 Å². The first kappa shape index (κ1) is 20.0. The lowest BCUT2D eigenvalue weighted by Crippen LogP contribution is -2.39. The van der Waals surface area contributed by atoms with E-state index in [0.717, 1.165) is 19.1 Å². The van der Waals surface area contributed by atoms with Crippen LogP contribution >= 0.6 is 11.6 Å². The molecule has 6 nitrogen and oxygen atoms in total. The highest BCUT2D eigenvalue weighted by atomic mass is 35.5. The Hall–Kier alpha value is -1.31. The Labute approximate surface area is 154 Å². The smallest absolute Gasteiger partial charge is 0.306 e. The third-order valence-electron chi connectivity index (χ3n) is 3.88. The van der Waals surface area contributed by atoms with Gasteiger partial charge in [-0.1, -0.05) is 25.4 Å². The molecule has 0 bridgehead atoms. The summed E-state index contributed by atoms with van der Waals surface area (Å²) in [6, 6.07) is 4.68. The summed E-state index contributed by atoms with van der Waals surface area (Å²) in [6.45, 7) is 5.03. The molecular weight excluding hydrogens is 366 g/mol. The minimum atomic E-state index is -3.68. The summed E-state index contributed by atoms with van der Waals surface area (Å²) in [5.74, 6) is -0.0264. The maximum absolute atomic E-state index is 12.6. The van der Waals surface area contributed by atoms with E-state index < -0.39 is 10.1 Å². The Kier molecular flexibility index (Phi) is 6.71. The van der Waals surface area contributed by atoms with Gasteiger partial charge in [-0.3, -0.25) is 4.79 Å². The lowest BCUT2D eigenvalue weighted by atomic mass is 10.1. The molecule has 1 aromatic rings. The normalized spacial score (nSPS) is 17.7. The van der Waals surface area contributed by atoms with E-state index in [2.05, 4.69) is 0 Å². The van der Waals surface area contributed by atoms with Crippen LogP contribution in [0.5, 0.6) is 5.75 Å². The van der Waals surface area contributed by atoms with Crippen molar-refractivity contribution in [2.24, 2.45) is 5.92 Å². The molecule has 0 unspecified atom stereocenters. The van der Waals surface area contributed by atoms with Gasteiger partial charge < -0.3 is 13.8 Å². The van der Waals surface area contributed by atoms with Crippen LogP contribution in [0.2, 0.25) is 5.02 Å². The standard InChI is InChI=1S/C17H24ClNO5S/c1-12(2)17(20)19(11-15-5-4-8-23-15)10-13-9-14(18)6-7-16(13)24-25(3,21)22/h6-7,9,12,15H,4-5,8,10-11H2,1-3H3/t15-/m1/s1. The number of amides is 1. The van der Waals surface area contributed by atoms with E-state index in [9.17, 15) is 13.2 Å². The molecule has 1 aliphatic rings. The van der Waals surface area contributed by atoms with Gasteiger partial charge in [0.1, 0.15) is 5.75 Å². The maximum atomic E-state index is 12.6. The SMILES string of the molecule is CC(C)C(=O)N(Cc1cc(Cl)ccc1OS(C)(=O)=O)C[C@H]1CCCO1. The molecule has 0 spiro atoms. The quantitative estimate of drug-likeness (QED) is 0.670. The molecule has 1 saturated heterocycles. The van der Waals surface area contributed by atoms with Gasteiger partial charge in [0.25, 0.3) is 0 Å². The van der Waals surface area contributed by atoms with Gasteiger partial charge in [-0.15, -0.1) is 0 Å². The zero-order valence-corrected chi connectivity index (χ0v) is 16.3. The number of ether oxygens (including phenoxy) is 1. The fourth-order valence-corrected chi connectivity index (χ4v) is 3.44. The number of hydrogen-bond donors (Lipinski definition) is 0. The summed E-state index contributed by atoms with van der Waals surface area (Å²) in [6.07, 6.45) is 2.87. The van der Waals surface area contributed by atoms with E-state index in [1.807, 2.05) is 13.8 Å². The Bertz CT molecular complexity index is 714. The van der Waals surface area contributed by atoms with Gasteiger partial charge in [-0.25, -0.2) is 0 Å². The number of halogens is 1. The molecule has 2 rings (SSSR count).